The number of hydrogen-bond acceptors (Lipinski definition) is 4. The minimum atomic E-state index is 0.137. The largest absolute Gasteiger partial charge is 0.361 e. The highest BCUT2D eigenvalue weighted by atomic mass is 32.1. The van der Waals surface area contributed by atoms with Gasteiger partial charge in [0, 0.05) is 36.8 Å². The maximum Gasteiger partial charge on any atom is 0.166 e. The molecule has 4 fully saturated rings. The van der Waals surface area contributed by atoms with Crippen molar-refractivity contribution in [3.05, 3.63) is 54.7 Å². The molecule has 6 atom stereocenters. The molecule has 6 rings (SSSR count). The lowest BCUT2D eigenvalue weighted by Crippen LogP contribution is -2.58. The summed E-state index contributed by atoms with van der Waals surface area (Å²) in [7, 11) is 0. The van der Waals surface area contributed by atoms with Crippen LogP contribution >= 0.6 is 12.2 Å². The number of para-hydroxylation sites is 1. The molecule has 3 N–H and O–H groups in total. The zero-order chi connectivity index (χ0) is 21.2. The molecule has 0 saturated carbocycles. The molecule has 5 heterocycles. The van der Waals surface area contributed by atoms with Crippen LogP contribution in [0.4, 0.5) is 0 Å². The molecule has 5 unspecified atom stereocenters. The molecule has 2 bridgehead atoms. The van der Waals surface area contributed by atoms with Gasteiger partial charge in [-0.3, -0.25) is 9.88 Å². The van der Waals surface area contributed by atoms with Gasteiger partial charge in [-0.15, -0.1) is 6.58 Å². The molecular formula is C25H33N5S. The maximum absolute atomic E-state index is 5.79. The molecule has 1 aromatic carbocycles. The SMILES string of the molecule is C=CC1CN2CCC1C[C@H]2C(NC(=S)NCC1CCCN1)c1ccnc2ccccc12. The van der Waals surface area contributed by atoms with E-state index in [1.54, 1.807) is 0 Å². The number of thiocarbonyl (C=S) groups is 1. The summed E-state index contributed by atoms with van der Waals surface area (Å²) in [6.07, 6.45) is 9.02. The molecule has 4 aliphatic heterocycles. The summed E-state index contributed by atoms with van der Waals surface area (Å²) >= 11 is 5.79. The third-order valence-electron chi connectivity index (χ3n) is 7.51. The predicted octanol–water partition coefficient (Wildman–Crippen LogP) is 3.39. The van der Waals surface area contributed by atoms with Crippen LogP contribution in [0.2, 0.25) is 0 Å². The van der Waals surface area contributed by atoms with Crippen LogP contribution in [0, 0.1) is 11.8 Å². The Kier molecular flexibility index (Phi) is 6.21. The maximum atomic E-state index is 5.79. The van der Waals surface area contributed by atoms with E-state index >= 15 is 0 Å². The van der Waals surface area contributed by atoms with Crippen LogP contribution in [0.25, 0.3) is 10.9 Å². The van der Waals surface area contributed by atoms with E-state index in [0.29, 0.717) is 23.9 Å². The summed E-state index contributed by atoms with van der Waals surface area (Å²) in [5, 5.41) is 12.7. The molecule has 1 aromatic heterocycles. The van der Waals surface area contributed by atoms with Crippen molar-refractivity contribution in [3.8, 4) is 0 Å². The second kappa shape index (κ2) is 9.23. The first kappa shape index (κ1) is 20.9. The van der Waals surface area contributed by atoms with Crippen LogP contribution in [0.5, 0.6) is 0 Å². The quantitative estimate of drug-likeness (QED) is 0.478. The fourth-order valence-corrected chi connectivity index (χ4v) is 6.04. The van der Waals surface area contributed by atoms with Crippen LogP contribution in [-0.2, 0) is 0 Å². The van der Waals surface area contributed by atoms with E-state index < -0.39 is 0 Å². The third kappa shape index (κ3) is 4.34. The van der Waals surface area contributed by atoms with Gasteiger partial charge in [-0.05, 0) is 80.5 Å². The third-order valence-corrected chi connectivity index (χ3v) is 7.78. The van der Waals surface area contributed by atoms with Crippen molar-refractivity contribution in [3.63, 3.8) is 0 Å². The highest BCUT2D eigenvalue weighted by Crippen LogP contribution is 2.42. The minimum absolute atomic E-state index is 0.137. The monoisotopic (exact) mass is 435 g/mol. The van der Waals surface area contributed by atoms with Gasteiger partial charge in [-0.25, -0.2) is 0 Å². The van der Waals surface area contributed by atoms with E-state index in [1.807, 2.05) is 6.20 Å². The number of rotatable bonds is 6. The number of benzene rings is 1. The molecule has 6 heteroatoms. The second-order valence-corrected chi connectivity index (χ2v) is 9.70. The molecule has 0 aliphatic carbocycles. The highest BCUT2D eigenvalue weighted by molar-refractivity contribution is 7.80. The van der Waals surface area contributed by atoms with Gasteiger partial charge in [0.2, 0.25) is 0 Å². The van der Waals surface area contributed by atoms with Gasteiger partial charge in [-0.1, -0.05) is 24.3 Å². The Morgan fingerprint density at radius 3 is 3.00 bits per heavy atom. The fourth-order valence-electron chi connectivity index (χ4n) is 5.83. The lowest BCUT2D eigenvalue weighted by atomic mass is 9.73. The number of fused-ring (bicyclic) bond motifs is 4. The second-order valence-electron chi connectivity index (χ2n) is 9.29. The molecule has 4 saturated heterocycles. The fraction of sp³-hybridized carbons (Fsp3) is 0.520. The Morgan fingerprint density at radius 1 is 1.32 bits per heavy atom. The van der Waals surface area contributed by atoms with Gasteiger partial charge in [0.25, 0.3) is 0 Å². The molecule has 31 heavy (non-hydrogen) atoms. The van der Waals surface area contributed by atoms with E-state index in [1.165, 1.54) is 36.6 Å². The Bertz CT molecular complexity index is 935. The predicted molar refractivity (Wildman–Crippen MR) is 131 cm³/mol. The average Bonchev–Trinajstić information content (AvgIpc) is 3.35. The van der Waals surface area contributed by atoms with Crippen molar-refractivity contribution >= 4 is 28.2 Å². The normalized spacial score (nSPS) is 30.8. The standard InChI is InChI=1S/C25H33N5S/c1-2-17-16-30-13-10-18(17)14-23(30)24(29-25(31)28-15-19-6-5-11-26-19)21-9-12-27-22-8-4-3-7-20(21)22/h2-4,7-9,12,17-19,23-24,26H,1,5-6,10-11,13-16H2,(H2,28,29,31)/t17?,18?,19?,23-,24?/m0/s1. The van der Waals surface area contributed by atoms with E-state index in [4.69, 9.17) is 12.2 Å². The summed E-state index contributed by atoms with van der Waals surface area (Å²) in [6.45, 7) is 8.35. The number of nitrogens with one attached hydrogen (secondary N) is 3. The van der Waals surface area contributed by atoms with Crippen molar-refractivity contribution < 1.29 is 0 Å². The van der Waals surface area contributed by atoms with Crippen LogP contribution in [0.1, 0.15) is 37.3 Å². The number of pyridine rings is 1. The molecule has 164 valence electrons. The van der Waals surface area contributed by atoms with Crippen molar-refractivity contribution in [1.82, 2.24) is 25.8 Å². The van der Waals surface area contributed by atoms with Gasteiger partial charge in [0.1, 0.15) is 0 Å². The van der Waals surface area contributed by atoms with Gasteiger partial charge >= 0.3 is 0 Å². The first-order chi connectivity index (χ1) is 15.2. The Balaban J connectivity index is 1.41. The zero-order valence-corrected chi connectivity index (χ0v) is 18.9. The van der Waals surface area contributed by atoms with Crippen molar-refractivity contribution in [2.75, 3.05) is 26.2 Å². The number of aromatic nitrogens is 1. The van der Waals surface area contributed by atoms with Gasteiger partial charge in [0.15, 0.2) is 5.11 Å². The first-order valence-electron chi connectivity index (χ1n) is 11.7. The topological polar surface area (TPSA) is 52.2 Å². The number of hydrogen-bond donors (Lipinski definition) is 3. The minimum Gasteiger partial charge on any atom is -0.361 e. The summed E-state index contributed by atoms with van der Waals surface area (Å²) < 4.78 is 0. The molecule has 0 amide bonds. The number of nitrogens with zero attached hydrogens (tertiary/aromatic N) is 2. The Labute approximate surface area is 190 Å². The lowest BCUT2D eigenvalue weighted by molar-refractivity contribution is 0.00430. The van der Waals surface area contributed by atoms with Crippen LogP contribution in [0.15, 0.2) is 49.2 Å². The summed E-state index contributed by atoms with van der Waals surface area (Å²) in [5.74, 6) is 1.33. The van der Waals surface area contributed by atoms with Gasteiger partial charge in [0.05, 0.1) is 11.6 Å². The number of piperidine rings is 3. The summed E-state index contributed by atoms with van der Waals surface area (Å²) in [5.41, 5.74) is 2.34. The molecule has 0 spiro atoms. The lowest BCUT2D eigenvalue weighted by Gasteiger charge is -2.52. The van der Waals surface area contributed by atoms with Gasteiger partial charge in [-0.2, -0.15) is 0 Å². The molecule has 0 radical (unpaired) electrons. The molecule has 2 aromatic rings. The molecular weight excluding hydrogens is 402 g/mol. The smallest absolute Gasteiger partial charge is 0.166 e. The van der Waals surface area contributed by atoms with Gasteiger partial charge < -0.3 is 16.0 Å². The highest BCUT2D eigenvalue weighted by Gasteiger charge is 2.43. The van der Waals surface area contributed by atoms with Crippen molar-refractivity contribution in [1.29, 1.82) is 0 Å². The average molecular weight is 436 g/mol. The van der Waals surface area contributed by atoms with Crippen molar-refractivity contribution in [2.24, 2.45) is 11.8 Å². The Hall–Kier alpha value is -2.02. The first-order valence-corrected chi connectivity index (χ1v) is 12.1. The molecule has 5 nitrogen and oxygen atoms in total. The van der Waals surface area contributed by atoms with Crippen LogP contribution in [-0.4, -0.2) is 53.3 Å². The Morgan fingerprint density at radius 2 is 2.23 bits per heavy atom. The van der Waals surface area contributed by atoms with E-state index in [9.17, 15) is 0 Å². The zero-order valence-electron chi connectivity index (χ0n) is 18.1. The summed E-state index contributed by atoms with van der Waals surface area (Å²) in [6, 6.07) is 11.7. The van der Waals surface area contributed by atoms with Crippen LogP contribution < -0.4 is 16.0 Å². The van der Waals surface area contributed by atoms with E-state index in [2.05, 4.69) is 68.8 Å². The van der Waals surface area contributed by atoms with Crippen LogP contribution in [0.3, 0.4) is 0 Å². The van der Waals surface area contributed by atoms with Crippen molar-refractivity contribution in [2.45, 2.75) is 43.8 Å². The molecule has 4 aliphatic rings. The van der Waals surface area contributed by atoms with E-state index in [-0.39, 0.29) is 6.04 Å². The van der Waals surface area contributed by atoms with E-state index in [0.717, 1.165) is 36.8 Å². The summed E-state index contributed by atoms with van der Waals surface area (Å²) in [4.78, 5) is 7.25.